The van der Waals surface area contributed by atoms with Crippen molar-refractivity contribution in [1.29, 1.82) is 0 Å². The first-order valence-electron chi connectivity index (χ1n) is 7.08. The van der Waals surface area contributed by atoms with E-state index in [1.54, 1.807) is 24.3 Å². The molecule has 0 aliphatic rings. The van der Waals surface area contributed by atoms with Crippen molar-refractivity contribution in [2.75, 3.05) is 0 Å². The highest BCUT2D eigenvalue weighted by Crippen LogP contribution is 2.26. The predicted octanol–water partition coefficient (Wildman–Crippen LogP) is 2.29. The first kappa shape index (κ1) is 15.3. The van der Waals surface area contributed by atoms with Gasteiger partial charge in [-0.25, -0.2) is 18.5 Å². The molecule has 0 atom stereocenters. The Balaban J connectivity index is 1.97. The molecule has 0 amide bonds. The van der Waals surface area contributed by atoms with Crippen LogP contribution in [0.15, 0.2) is 62.5 Å². The number of aromatic nitrogens is 4. The van der Waals surface area contributed by atoms with Gasteiger partial charge in [-0.1, -0.05) is 23.7 Å². The van der Waals surface area contributed by atoms with Crippen molar-refractivity contribution in [3.05, 3.63) is 80.3 Å². The fraction of sp³-hybridized carbons (Fsp3) is 0. The van der Waals surface area contributed by atoms with Gasteiger partial charge >= 0.3 is 17.2 Å². The Bertz CT molecular complexity index is 1210. The maximum atomic E-state index is 13.1. The SMILES string of the molecule is O=c1nc2oc(-c3ccccc3Cl)nn2c(=O)n1-c1ccc(F)cc1. The quantitative estimate of drug-likeness (QED) is 0.549. The number of hydrogen-bond acceptors (Lipinski definition) is 5. The summed E-state index contributed by atoms with van der Waals surface area (Å²) in [5.74, 6) is -0.705. The minimum Gasteiger partial charge on any atom is -0.403 e. The lowest BCUT2D eigenvalue weighted by atomic mass is 10.2. The van der Waals surface area contributed by atoms with E-state index in [2.05, 4.69) is 10.1 Å². The fourth-order valence-electron chi connectivity index (χ4n) is 2.34. The van der Waals surface area contributed by atoms with Crippen molar-refractivity contribution in [3.8, 4) is 17.1 Å². The molecule has 0 saturated carbocycles. The molecule has 0 bridgehead atoms. The summed E-state index contributed by atoms with van der Waals surface area (Å²) in [5.41, 5.74) is -1.03. The number of nitrogens with zero attached hydrogens (tertiary/aromatic N) is 4. The molecule has 7 nitrogen and oxygen atoms in total. The normalized spacial score (nSPS) is 11.1. The van der Waals surface area contributed by atoms with Crippen LogP contribution < -0.4 is 11.4 Å². The highest BCUT2D eigenvalue weighted by atomic mass is 35.5. The maximum Gasteiger partial charge on any atom is 0.362 e. The Kier molecular flexibility index (Phi) is 3.47. The molecule has 0 radical (unpaired) electrons. The maximum absolute atomic E-state index is 13.1. The van der Waals surface area contributed by atoms with Crippen LogP contribution in [0.5, 0.6) is 0 Å². The molecule has 124 valence electrons. The first-order chi connectivity index (χ1) is 12.0. The summed E-state index contributed by atoms with van der Waals surface area (Å²) < 4.78 is 20.1. The highest BCUT2D eigenvalue weighted by Gasteiger charge is 2.17. The Labute approximate surface area is 143 Å². The van der Waals surface area contributed by atoms with Crippen LogP contribution in [-0.2, 0) is 0 Å². The molecule has 0 N–H and O–H groups in total. The molecule has 0 spiro atoms. The van der Waals surface area contributed by atoms with E-state index in [1.807, 2.05) is 0 Å². The lowest BCUT2D eigenvalue weighted by Gasteiger charge is -2.02. The highest BCUT2D eigenvalue weighted by molar-refractivity contribution is 6.33. The standard InChI is InChI=1S/C16H8ClFN4O3/c17-12-4-2-1-3-11(12)13-20-22-15(25-13)19-14(23)21(16(22)24)10-7-5-9(18)6-8-10/h1-8H. The van der Waals surface area contributed by atoms with Gasteiger partial charge in [0.15, 0.2) is 0 Å². The van der Waals surface area contributed by atoms with Gasteiger partial charge in [0.2, 0.25) is 5.89 Å². The zero-order valence-electron chi connectivity index (χ0n) is 12.4. The summed E-state index contributed by atoms with van der Waals surface area (Å²) in [6.07, 6.45) is 0. The average Bonchev–Trinajstić information content (AvgIpc) is 3.01. The van der Waals surface area contributed by atoms with E-state index in [0.29, 0.717) is 10.6 Å². The van der Waals surface area contributed by atoms with Crippen molar-refractivity contribution in [1.82, 2.24) is 19.2 Å². The summed E-state index contributed by atoms with van der Waals surface area (Å²) in [4.78, 5) is 28.5. The largest absolute Gasteiger partial charge is 0.403 e. The second kappa shape index (κ2) is 5.67. The van der Waals surface area contributed by atoms with Crippen molar-refractivity contribution in [3.63, 3.8) is 0 Å². The monoisotopic (exact) mass is 358 g/mol. The summed E-state index contributed by atoms with van der Waals surface area (Å²) in [6, 6.07) is 11.6. The van der Waals surface area contributed by atoms with E-state index in [4.69, 9.17) is 16.0 Å². The number of rotatable bonds is 2. The first-order valence-corrected chi connectivity index (χ1v) is 7.46. The van der Waals surface area contributed by atoms with Crippen molar-refractivity contribution < 1.29 is 8.81 Å². The van der Waals surface area contributed by atoms with E-state index < -0.39 is 17.2 Å². The van der Waals surface area contributed by atoms with Gasteiger partial charge < -0.3 is 4.42 Å². The Morgan fingerprint density at radius 3 is 2.48 bits per heavy atom. The Morgan fingerprint density at radius 1 is 1.04 bits per heavy atom. The molecule has 9 heteroatoms. The van der Waals surface area contributed by atoms with Crippen molar-refractivity contribution in [2.45, 2.75) is 0 Å². The predicted molar refractivity (Wildman–Crippen MR) is 87.5 cm³/mol. The van der Waals surface area contributed by atoms with E-state index in [0.717, 1.165) is 21.2 Å². The van der Waals surface area contributed by atoms with Gasteiger partial charge in [-0.2, -0.15) is 0 Å². The number of halogens is 2. The molecule has 0 aliphatic carbocycles. The number of hydrogen-bond donors (Lipinski definition) is 0. The summed E-state index contributed by atoms with van der Waals surface area (Å²) in [6.45, 7) is 0. The summed E-state index contributed by atoms with van der Waals surface area (Å²) in [5, 5.41) is 4.42. The van der Waals surface area contributed by atoms with Gasteiger partial charge in [-0.05, 0) is 36.4 Å². The molecule has 0 fully saturated rings. The van der Waals surface area contributed by atoms with Gasteiger partial charge in [0.05, 0.1) is 16.3 Å². The van der Waals surface area contributed by atoms with Crippen LogP contribution in [0.1, 0.15) is 0 Å². The van der Waals surface area contributed by atoms with E-state index in [-0.39, 0.29) is 17.4 Å². The number of fused-ring (bicyclic) bond motifs is 1. The van der Waals surface area contributed by atoms with E-state index >= 15 is 0 Å². The topological polar surface area (TPSA) is 82.4 Å². The fourth-order valence-corrected chi connectivity index (χ4v) is 2.56. The molecule has 0 unspecified atom stereocenters. The van der Waals surface area contributed by atoms with E-state index in [9.17, 15) is 14.0 Å². The molecular formula is C16H8ClFN4O3. The molecular weight excluding hydrogens is 351 g/mol. The van der Waals surface area contributed by atoms with Gasteiger partial charge in [-0.3, -0.25) is 0 Å². The van der Waals surface area contributed by atoms with Gasteiger partial charge in [0.25, 0.3) is 0 Å². The van der Waals surface area contributed by atoms with Crippen LogP contribution >= 0.6 is 11.6 Å². The molecule has 4 rings (SSSR count). The van der Waals surface area contributed by atoms with Crippen LogP contribution in [0.25, 0.3) is 23.0 Å². The summed E-state index contributed by atoms with van der Waals surface area (Å²) in [7, 11) is 0. The lowest BCUT2D eigenvalue weighted by Crippen LogP contribution is -2.38. The zero-order chi connectivity index (χ0) is 17.6. The second-order valence-electron chi connectivity index (χ2n) is 5.07. The zero-order valence-corrected chi connectivity index (χ0v) is 13.1. The lowest BCUT2D eigenvalue weighted by molar-refractivity contribution is 0.591. The van der Waals surface area contributed by atoms with Crippen LogP contribution in [0.4, 0.5) is 4.39 Å². The minimum atomic E-state index is -0.863. The molecule has 0 aliphatic heterocycles. The third-order valence-electron chi connectivity index (χ3n) is 3.50. The second-order valence-corrected chi connectivity index (χ2v) is 5.48. The molecule has 2 aromatic heterocycles. The smallest absolute Gasteiger partial charge is 0.362 e. The molecule has 4 aromatic rings. The van der Waals surface area contributed by atoms with Crippen LogP contribution in [0.3, 0.4) is 0 Å². The van der Waals surface area contributed by atoms with Crippen molar-refractivity contribution in [2.24, 2.45) is 0 Å². The average molecular weight is 359 g/mol. The molecule has 2 aromatic carbocycles. The number of benzene rings is 2. The van der Waals surface area contributed by atoms with Crippen molar-refractivity contribution >= 4 is 17.4 Å². The van der Waals surface area contributed by atoms with Gasteiger partial charge in [0, 0.05) is 0 Å². The molecule has 25 heavy (non-hydrogen) atoms. The third-order valence-corrected chi connectivity index (χ3v) is 3.83. The van der Waals surface area contributed by atoms with Crippen LogP contribution in [-0.4, -0.2) is 19.2 Å². The Morgan fingerprint density at radius 2 is 1.76 bits per heavy atom. The Hall–Kier alpha value is -3.26. The minimum absolute atomic E-state index is 0.0476. The van der Waals surface area contributed by atoms with E-state index in [1.165, 1.54) is 12.1 Å². The van der Waals surface area contributed by atoms with Gasteiger partial charge in [-0.15, -0.1) is 14.6 Å². The van der Waals surface area contributed by atoms with Gasteiger partial charge in [0.1, 0.15) is 5.82 Å². The van der Waals surface area contributed by atoms with Crippen LogP contribution in [0, 0.1) is 5.82 Å². The molecule has 2 heterocycles. The van der Waals surface area contributed by atoms with Crippen LogP contribution in [0.2, 0.25) is 5.02 Å². The third kappa shape index (κ3) is 2.52. The molecule has 0 saturated heterocycles. The summed E-state index contributed by atoms with van der Waals surface area (Å²) >= 11 is 6.09.